The van der Waals surface area contributed by atoms with Crippen LogP contribution in [0.25, 0.3) is 0 Å². The molecule has 0 bridgehead atoms. The van der Waals surface area contributed by atoms with E-state index in [-0.39, 0.29) is 5.56 Å². The van der Waals surface area contributed by atoms with Gasteiger partial charge >= 0.3 is 5.97 Å². The van der Waals surface area contributed by atoms with Gasteiger partial charge in [-0.2, -0.15) is 0 Å². The Kier molecular flexibility index (Phi) is 3.29. The third kappa shape index (κ3) is 2.13. The molecule has 74 valence electrons. The molecule has 1 aromatic carbocycles. The number of carboxylic acids is 1. The molecule has 0 aromatic heterocycles. The molecule has 5 heteroatoms. The normalized spacial score (nSPS) is 9.93. The average molecular weight is 278 g/mol. The van der Waals surface area contributed by atoms with Gasteiger partial charge < -0.3 is 5.11 Å². The molecule has 0 saturated heterocycles. The van der Waals surface area contributed by atoms with Crippen molar-refractivity contribution in [1.29, 1.82) is 0 Å². The standard InChI is InChI=1S/C9H6BrClO3/c1-4-6(8(12)9(13)14)2-5(10)3-7(4)11/h2-3H,1H3,(H,13,14). The van der Waals surface area contributed by atoms with Gasteiger partial charge in [-0.05, 0) is 24.6 Å². The van der Waals surface area contributed by atoms with Gasteiger partial charge in [0.1, 0.15) is 0 Å². The van der Waals surface area contributed by atoms with Gasteiger partial charge in [-0.1, -0.05) is 27.5 Å². The number of halogens is 2. The maximum atomic E-state index is 11.2. The molecular weight excluding hydrogens is 271 g/mol. The molecule has 1 rings (SSSR count). The van der Waals surface area contributed by atoms with E-state index in [9.17, 15) is 9.59 Å². The van der Waals surface area contributed by atoms with Crippen LogP contribution in [0.5, 0.6) is 0 Å². The fourth-order valence-corrected chi connectivity index (χ4v) is 1.81. The van der Waals surface area contributed by atoms with E-state index in [0.717, 1.165) is 0 Å². The first-order valence-corrected chi connectivity index (χ1v) is 4.84. The molecule has 0 aliphatic carbocycles. The highest BCUT2D eigenvalue weighted by atomic mass is 79.9. The Bertz CT molecular complexity index is 415. The highest BCUT2D eigenvalue weighted by molar-refractivity contribution is 9.10. The molecule has 0 unspecified atom stereocenters. The first-order chi connectivity index (χ1) is 6.43. The molecule has 0 fully saturated rings. The third-order valence-electron chi connectivity index (χ3n) is 1.75. The summed E-state index contributed by atoms with van der Waals surface area (Å²) in [6, 6.07) is 3.05. The van der Waals surface area contributed by atoms with Gasteiger partial charge in [0, 0.05) is 15.1 Å². The molecule has 0 aliphatic heterocycles. The lowest BCUT2D eigenvalue weighted by atomic mass is 10.1. The molecule has 1 N–H and O–H groups in total. The van der Waals surface area contributed by atoms with Crippen LogP contribution in [0.1, 0.15) is 15.9 Å². The second kappa shape index (κ2) is 4.11. The molecule has 0 saturated carbocycles. The van der Waals surface area contributed by atoms with E-state index >= 15 is 0 Å². The lowest BCUT2D eigenvalue weighted by Gasteiger charge is -2.04. The van der Waals surface area contributed by atoms with Crippen LogP contribution in [0.2, 0.25) is 5.02 Å². The highest BCUT2D eigenvalue weighted by Crippen LogP contribution is 2.25. The second-order valence-corrected chi connectivity index (χ2v) is 4.02. The van der Waals surface area contributed by atoms with Crippen molar-refractivity contribution in [2.75, 3.05) is 0 Å². The molecule has 1 aromatic rings. The summed E-state index contributed by atoms with van der Waals surface area (Å²) < 4.78 is 0.581. The van der Waals surface area contributed by atoms with Crippen molar-refractivity contribution < 1.29 is 14.7 Å². The predicted molar refractivity (Wildman–Crippen MR) is 55.9 cm³/mol. The minimum Gasteiger partial charge on any atom is -0.475 e. The lowest BCUT2D eigenvalue weighted by Crippen LogP contribution is -2.14. The Morgan fingerprint density at radius 2 is 2.00 bits per heavy atom. The van der Waals surface area contributed by atoms with Crippen molar-refractivity contribution in [3.05, 3.63) is 32.8 Å². The zero-order valence-electron chi connectivity index (χ0n) is 7.17. The Morgan fingerprint density at radius 3 is 2.50 bits per heavy atom. The van der Waals surface area contributed by atoms with Gasteiger partial charge in [-0.15, -0.1) is 0 Å². The Labute approximate surface area is 93.8 Å². The first kappa shape index (κ1) is 11.2. The summed E-state index contributed by atoms with van der Waals surface area (Å²) >= 11 is 8.93. The van der Waals surface area contributed by atoms with Crippen LogP contribution in [0.15, 0.2) is 16.6 Å². The maximum absolute atomic E-state index is 11.2. The van der Waals surface area contributed by atoms with E-state index in [1.54, 1.807) is 13.0 Å². The summed E-state index contributed by atoms with van der Waals surface area (Å²) in [6.45, 7) is 1.60. The van der Waals surface area contributed by atoms with Crippen molar-refractivity contribution in [2.24, 2.45) is 0 Å². The van der Waals surface area contributed by atoms with Crippen molar-refractivity contribution in [3.63, 3.8) is 0 Å². The molecule has 0 heterocycles. The van der Waals surface area contributed by atoms with E-state index in [4.69, 9.17) is 16.7 Å². The van der Waals surface area contributed by atoms with Gasteiger partial charge in [0.05, 0.1) is 0 Å². The number of ketones is 1. The summed E-state index contributed by atoms with van der Waals surface area (Å²) in [5.74, 6) is -2.44. The number of aliphatic carboxylic acids is 1. The number of Topliss-reactive ketones (excluding diaryl/α,β-unsaturated/α-hetero) is 1. The van der Waals surface area contributed by atoms with Crippen LogP contribution >= 0.6 is 27.5 Å². The highest BCUT2D eigenvalue weighted by Gasteiger charge is 2.18. The summed E-state index contributed by atoms with van der Waals surface area (Å²) in [7, 11) is 0. The SMILES string of the molecule is Cc1c(Cl)cc(Br)cc1C(=O)C(=O)O. The second-order valence-electron chi connectivity index (χ2n) is 2.69. The molecule has 0 atom stereocenters. The van der Waals surface area contributed by atoms with E-state index in [1.807, 2.05) is 0 Å². The number of rotatable bonds is 2. The topological polar surface area (TPSA) is 54.4 Å². The number of carboxylic acid groups (broad SMARTS) is 1. The minimum absolute atomic E-state index is 0.108. The Hall–Kier alpha value is -0.870. The van der Waals surface area contributed by atoms with Crippen molar-refractivity contribution in [3.8, 4) is 0 Å². The first-order valence-electron chi connectivity index (χ1n) is 3.66. The van der Waals surface area contributed by atoms with Crippen molar-refractivity contribution in [1.82, 2.24) is 0 Å². The fraction of sp³-hybridized carbons (Fsp3) is 0.111. The van der Waals surface area contributed by atoms with E-state index < -0.39 is 11.8 Å². The summed E-state index contributed by atoms with van der Waals surface area (Å²) in [5, 5.41) is 8.90. The largest absolute Gasteiger partial charge is 0.475 e. The number of benzene rings is 1. The smallest absolute Gasteiger partial charge is 0.377 e. The molecule has 0 radical (unpaired) electrons. The van der Waals surface area contributed by atoms with E-state index in [0.29, 0.717) is 15.1 Å². The molecule has 0 spiro atoms. The van der Waals surface area contributed by atoms with Crippen LogP contribution in [0.3, 0.4) is 0 Å². The zero-order valence-corrected chi connectivity index (χ0v) is 9.52. The Balaban J connectivity index is 3.34. The molecule has 14 heavy (non-hydrogen) atoms. The molecular formula is C9H6BrClO3. The summed E-state index contributed by atoms with van der Waals surface area (Å²) in [6.07, 6.45) is 0. The van der Waals surface area contributed by atoms with Crippen LogP contribution < -0.4 is 0 Å². The van der Waals surface area contributed by atoms with Crippen LogP contribution in [0, 0.1) is 6.92 Å². The lowest BCUT2D eigenvalue weighted by molar-refractivity contribution is -0.131. The van der Waals surface area contributed by atoms with Gasteiger partial charge in [-0.3, -0.25) is 4.79 Å². The molecule has 0 aliphatic rings. The van der Waals surface area contributed by atoms with Crippen LogP contribution in [-0.4, -0.2) is 16.9 Å². The molecule has 3 nitrogen and oxygen atoms in total. The van der Waals surface area contributed by atoms with Gasteiger partial charge in [0.25, 0.3) is 5.78 Å². The maximum Gasteiger partial charge on any atom is 0.377 e. The quantitative estimate of drug-likeness (QED) is 0.668. The number of hydrogen-bond acceptors (Lipinski definition) is 2. The predicted octanol–water partition coefficient (Wildman–Crippen LogP) is 2.68. The van der Waals surface area contributed by atoms with Crippen molar-refractivity contribution in [2.45, 2.75) is 6.92 Å². The molecule has 0 amide bonds. The number of carbonyl (C=O) groups excluding carboxylic acids is 1. The average Bonchev–Trinajstić information content (AvgIpc) is 2.09. The van der Waals surface area contributed by atoms with Crippen LogP contribution in [0.4, 0.5) is 0 Å². The monoisotopic (exact) mass is 276 g/mol. The Morgan fingerprint density at radius 1 is 1.43 bits per heavy atom. The van der Waals surface area contributed by atoms with Gasteiger partial charge in [0.15, 0.2) is 0 Å². The summed E-state index contributed by atoms with van der Waals surface area (Å²) in [4.78, 5) is 21.7. The number of hydrogen-bond donors (Lipinski definition) is 1. The van der Waals surface area contributed by atoms with Crippen molar-refractivity contribution >= 4 is 39.3 Å². The minimum atomic E-state index is -1.48. The number of carbonyl (C=O) groups is 2. The summed E-state index contributed by atoms with van der Waals surface area (Å²) in [5.41, 5.74) is 0.583. The van der Waals surface area contributed by atoms with E-state index in [2.05, 4.69) is 15.9 Å². The zero-order chi connectivity index (χ0) is 10.9. The van der Waals surface area contributed by atoms with Gasteiger partial charge in [-0.25, -0.2) is 4.79 Å². The van der Waals surface area contributed by atoms with Gasteiger partial charge in [0.2, 0.25) is 0 Å². The van der Waals surface area contributed by atoms with E-state index in [1.165, 1.54) is 6.07 Å². The third-order valence-corrected chi connectivity index (χ3v) is 2.60. The fourth-order valence-electron chi connectivity index (χ4n) is 0.997. The van der Waals surface area contributed by atoms with Crippen LogP contribution in [-0.2, 0) is 4.79 Å².